The number of hydrogen-bond donors (Lipinski definition) is 1. The van der Waals surface area contributed by atoms with E-state index in [1.165, 1.54) is 0 Å². The second-order valence-corrected chi connectivity index (χ2v) is 5.94. The minimum atomic E-state index is -0.370. The number of aryl methyl sites for hydroxylation is 1. The first kappa shape index (κ1) is 13.0. The van der Waals surface area contributed by atoms with Gasteiger partial charge in [0.15, 0.2) is 0 Å². The van der Waals surface area contributed by atoms with E-state index in [0.717, 1.165) is 36.7 Å². The number of hydrogen-bond acceptors (Lipinski definition) is 5. The molecule has 104 valence electrons. The maximum absolute atomic E-state index is 9.61. The molecule has 0 saturated carbocycles. The highest BCUT2D eigenvalue weighted by atomic mass is 16.5. The van der Waals surface area contributed by atoms with Crippen LogP contribution in [-0.4, -0.2) is 59.9 Å². The van der Waals surface area contributed by atoms with E-state index >= 15 is 0 Å². The number of aliphatic hydroxyl groups is 1. The van der Waals surface area contributed by atoms with E-state index in [0.29, 0.717) is 19.1 Å². The third-order valence-corrected chi connectivity index (χ3v) is 4.22. The van der Waals surface area contributed by atoms with Crippen molar-refractivity contribution < 1.29 is 9.84 Å². The fourth-order valence-electron chi connectivity index (χ4n) is 2.86. The number of aliphatic hydroxyl groups excluding tert-OH is 1. The van der Waals surface area contributed by atoms with Gasteiger partial charge in [-0.1, -0.05) is 0 Å². The first-order valence-corrected chi connectivity index (χ1v) is 6.86. The minimum Gasteiger partial charge on any atom is -0.395 e. The normalized spacial score (nSPS) is 26.4. The molecule has 19 heavy (non-hydrogen) atoms. The van der Waals surface area contributed by atoms with E-state index in [2.05, 4.69) is 23.0 Å². The molecule has 0 bridgehead atoms. The van der Waals surface area contributed by atoms with E-state index in [9.17, 15) is 5.11 Å². The largest absolute Gasteiger partial charge is 0.395 e. The van der Waals surface area contributed by atoms with Crippen LogP contribution in [0.3, 0.4) is 0 Å². The van der Waals surface area contributed by atoms with Crippen LogP contribution < -0.4 is 0 Å². The molecule has 1 aromatic rings. The lowest BCUT2D eigenvalue weighted by Crippen LogP contribution is -2.51. The Labute approximate surface area is 113 Å². The van der Waals surface area contributed by atoms with Gasteiger partial charge in [-0.25, -0.2) is 9.97 Å². The van der Waals surface area contributed by atoms with Gasteiger partial charge in [0.05, 0.1) is 25.2 Å². The van der Waals surface area contributed by atoms with Crippen molar-refractivity contribution in [2.45, 2.75) is 24.7 Å². The summed E-state index contributed by atoms with van der Waals surface area (Å²) >= 11 is 0. The monoisotopic (exact) mass is 263 g/mol. The zero-order chi connectivity index (χ0) is 13.5. The van der Waals surface area contributed by atoms with Gasteiger partial charge in [-0.2, -0.15) is 0 Å². The lowest BCUT2D eigenvalue weighted by Gasteiger charge is -2.38. The summed E-state index contributed by atoms with van der Waals surface area (Å²) < 4.78 is 5.26. The molecular formula is C14H21N3O2. The highest BCUT2D eigenvalue weighted by molar-refractivity contribution is 5.22. The van der Waals surface area contributed by atoms with Crippen molar-refractivity contribution >= 4 is 0 Å². The summed E-state index contributed by atoms with van der Waals surface area (Å²) in [6.07, 6.45) is 1.15. The van der Waals surface area contributed by atoms with Crippen molar-refractivity contribution in [3.63, 3.8) is 0 Å². The highest BCUT2D eigenvalue weighted by Gasteiger charge is 2.43. The van der Waals surface area contributed by atoms with Crippen LogP contribution in [0.5, 0.6) is 0 Å². The van der Waals surface area contributed by atoms with Gasteiger partial charge in [0.2, 0.25) is 0 Å². The molecule has 1 atom stereocenters. The Morgan fingerprint density at radius 3 is 2.79 bits per heavy atom. The lowest BCUT2D eigenvalue weighted by molar-refractivity contribution is -0.0885. The van der Waals surface area contributed by atoms with Crippen LogP contribution in [0.1, 0.15) is 29.6 Å². The lowest BCUT2D eigenvalue weighted by atomic mass is 9.85. The van der Waals surface area contributed by atoms with Crippen molar-refractivity contribution in [3.05, 3.63) is 23.3 Å². The van der Waals surface area contributed by atoms with Crippen LogP contribution in [0.4, 0.5) is 0 Å². The second kappa shape index (κ2) is 4.81. The van der Waals surface area contributed by atoms with Gasteiger partial charge >= 0.3 is 0 Å². The van der Waals surface area contributed by atoms with Crippen LogP contribution in [0.15, 0.2) is 6.07 Å². The summed E-state index contributed by atoms with van der Waals surface area (Å²) in [4.78, 5) is 11.6. The smallest absolute Gasteiger partial charge is 0.141 e. The van der Waals surface area contributed by atoms with E-state index in [-0.39, 0.29) is 12.0 Å². The molecule has 1 unspecified atom stereocenters. The topological polar surface area (TPSA) is 58.5 Å². The first-order valence-electron chi connectivity index (χ1n) is 6.86. The van der Waals surface area contributed by atoms with E-state index in [1.54, 1.807) is 0 Å². The average molecular weight is 263 g/mol. The number of aromatic nitrogens is 2. The molecule has 5 nitrogen and oxygen atoms in total. The fourth-order valence-corrected chi connectivity index (χ4v) is 2.86. The van der Waals surface area contributed by atoms with Gasteiger partial charge in [-0.15, -0.1) is 0 Å². The van der Waals surface area contributed by atoms with Crippen molar-refractivity contribution in [1.82, 2.24) is 14.9 Å². The third-order valence-electron chi connectivity index (χ3n) is 4.22. The maximum Gasteiger partial charge on any atom is 0.141 e. The van der Waals surface area contributed by atoms with E-state index in [4.69, 9.17) is 9.72 Å². The molecule has 2 aliphatic heterocycles. The number of nitrogens with zero attached hydrogens (tertiary/aromatic N) is 3. The summed E-state index contributed by atoms with van der Waals surface area (Å²) in [5.41, 5.74) is 1.73. The number of rotatable bonds is 3. The number of likely N-dealkylation sites (N-methyl/N-ethyl adjacent to an activating group) is 1. The molecule has 1 N–H and O–H groups in total. The summed E-state index contributed by atoms with van der Waals surface area (Å²) in [6, 6.07) is 2.08. The quantitative estimate of drug-likeness (QED) is 0.859. The molecule has 3 rings (SSSR count). The number of likely N-dealkylation sites (tertiary alicyclic amines) is 1. The van der Waals surface area contributed by atoms with Crippen molar-refractivity contribution in [2.24, 2.45) is 0 Å². The fraction of sp³-hybridized carbons (Fsp3) is 0.714. The zero-order valence-corrected chi connectivity index (χ0v) is 11.6. The second-order valence-electron chi connectivity index (χ2n) is 5.94. The molecule has 0 aliphatic carbocycles. The zero-order valence-electron chi connectivity index (χ0n) is 11.6. The highest BCUT2D eigenvalue weighted by Crippen LogP contribution is 2.32. The van der Waals surface area contributed by atoms with Crippen LogP contribution in [-0.2, 0) is 10.2 Å². The van der Waals surface area contributed by atoms with Crippen LogP contribution in [0, 0.1) is 6.92 Å². The summed E-state index contributed by atoms with van der Waals surface area (Å²) in [5, 5.41) is 9.61. The van der Waals surface area contributed by atoms with Gasteiger partial charge in [0.1, 0.15) is 5.82 Å². The molecule has 5 heteroatoms. The molecule has 0 radical (unpaired) electrons. The van der Waals surface area contributed by atoms with Crippen LogP contribution in [0.2, 0.25) is 0 Å². The van der Waals surface area contributed by atoms with Crippen LogP contribution >= 0.6 is 0 Å². The predicted octanol–water partition coefficient (Wildman–Crippen LogP) is 0.464. The molecule has 0 spiro atoms. The van der Waals surface area contributed by atoms with Gasteiger partial charge in [0.25, 0.3) is 0 Å². The van der Waals surface area contributed by atoms with Gasteiger partial charge in [-0.3, -0.25) is 0 Å². The first-order chi connectivity index (χ1) is 9.13. The average Bonchev–Trinajstić information content (AvgIpc) is 2.75. The van der Waals surface area contributed by atoms with Crippen molar-refractivity contribution in [2.75, 3.05) is 40.0 Å². The molecular weight excluding hydrogens is 242 g/mol. The van der Waals surface area contributed by atoms with Crippen molar-refractivity contribution in [3.8, 4) is 0 Å². The Kier molecular flexibility index (Phi) is 3.28. The Morgan fingerprint density at radius 1 is 1.47 bits per heavy atom. The molecule has 3 heterocycles. The molecule has 2 saturated heterocycles. The molecule has 0 amide bonds. The standard InChI is InChI=1S/C14H21N3O2/c1-10-5-12(11-3-4-17(2)6-11)16-13(15-10)14(7-18)8-19-9-14/h5,11,18H,3-4,6-9H2,1-2H3. The molecule has 0 aromatic carbocycles. The maximum atomic E-state index is 9.61. The van der Waals surface area contributed by atoms with Crippen molar-refractivity contribution in [1.29, 1.82) is 0 Å². The summed E-state index contributed by atoms with van der Waals surface area (Å²) in [7, 11) is 2.14. The van der Waals surface area contributed by atoms with Crippen LogP contribution in [0.25, 0.3) is 0 Å². The Hall–Kier alpha value is -1.04. The molecule has 1 aromatic heterocycles. The Morgan fingerprint density at radius 2 is 2.26 bits per heavy atom. The predicted molar refractivity (Wildman–Crippen MR) is 71.2 cm³/mol. The Balaban J connectivity index is 1.92. The van der Waals surface area contributed by atoms with Gasteiger partial charge < -0.3 is 14.7 Å². The molecule has 2 fully saturated rings. The SMILES string of the molecule is Cc1cc(C2CCN(C)C2)nc(C2(CO)COC2)n1. The number of ether oxygens (including phenoxy) is 1. The van der Waals surface area contributed by atoms with Gasteiger partial charge in [0, 0.05) is 23.9 Å². The van der Waals surface area contributed by atoms with E-state index < -0.39 is 0 Å². The minimum absolute atomic E-state index is 0.0560. The summed E-state index contributed by atoms with van der Waals surface area (Å²) in [6.45, 7) is 5.28. The third kappa shape index (κ3) is 2.26. The Bertz CT molecular complexity index is 468. The van der Waals surface area contributed by atoms with Gasteiger partial charge in [-0.05, 0) is 33.0 Å². The summed E-state index contributed by atoms with van der Waals surface area (Å²) in [5.74, 6) is 1.24. The molecule has 2 aliphatic rings. The van der Waals surface area contributed by atoms with E-state index in [1.807, 2.05) is 6.92 Å².